The zero-order chi connectivity index (χ0) is 15.2. The highest BCUT2D eigenvalue weighted by Gasteiger charge is 2.12. The van der Waals surface area contributed by atoms with Gasteiger partial charge >= 0.3 is 0 Å². The third kappa shape index (κ3) is 2.19. The maximum Gasteiger partial charge on any atom is -0.00385 e. The lowest BCUT2D eigenvalue weighted by molar-refractivity contribution is 1.25. The summed E-state index contributed by atoms with van der Waals surface area (Å²) in [5, 5.41) is 0. The van der Waals surface area contributed by atoms with Crippen LogP contribution in [0.25, 0.3) is 24.3 Å². The predicted molar refractivity (Wildman–Crippen MR) is 99.7 cm³/mol. The molecule has 0 radical (unpaired) electrons. The minimum atomic E-state index is 1.02. The van der Waals surface area contributed by atoms with E-state index in [2.05, 4.69) is 79.0 Å². The third-order valence-electron chi connectivity index (χ3n) is 4.84. The van der Waals surface area contributed by atoms with Crippen molar-refractivity contribution in [3.63, 3.8) is 0 Å². The van der Waals surface area contributed by atoms with Crippen LogP contribution in [0.1, 0.15) is 35.1 Å². The summed E-state index contributed by atoms with van der Waals surface area (Å²) < 4.78 is 0. The first-order chi connectivity index (χ1) is 11.3. The molecule has 4 aliphatic rings. The molecule has 4 aliphatic carbocycles. The van der Waals surface area contributed by atoms with Gasteiger partial charge in [0, 0.05) is 0 Å². The van der Waals surface area contributed by atoms with E-state index in [1.165, 1.54) is 44.5 Å². The van der Waals surface area contributed by atoms with Crippen LogP contribution < -0.4 is 0 Å². The molecule has 0 nitrogen and oxygen atoms in total. The first kappa shape index (κ1) is 12.8. The zero-order valence-corrected chi connectivity index (χ0v) is 12.9. The number of allylic oxidation sites excluding steroid dienone is 12. The average molecular weight is 293 g/mol. The third-order valence-corrected chi connectivity index (χ3v) is 4.84. The van der Waals surface area contributed by atoms with Crippen LogP contribution in [0.4, 0.5) is 0 Å². The van der Waals surface area contributed by atoms with Gasteiger partial charge in [0.15, 0.2) is 0 Å². The van der Waals surface area contributed by atoms with Gasteiger partial charge in [0.05, 0.1) is 0 Å². The molecule has 1 aromatic rings. The van der Waals surface area contributed by atoms with Crippen LogP contribution in [0, 0.1) is 0 Å². The Kier molecular flexibility index (Phi) is 2.72. The van der Waals surface area contributed by atoms with Gasteiger partial charge in [0.1, 0.15) is 0 Å². The van der Waals surface area contributed by atoms with Gasteiger partial charge in [-0.3, -0.25) is 0 Å². The van der Waals surface area contributed by atoms with E-state index >= 15 is 0 Å². The van der Waals surface area contributed by atoms with Crippen LogP contribution in [-0.4, -0.2) is 0 Å². The molecule has 1 aromatic carbocycles. The van der Waals surface area contributed by atoms with Crippen molar-refractivity contribution in [2.45, 2.75) is 12.8 Å². The number of rotatable bonds is 0. The largest absolute Gasteiger partial charge is 0.121 e. The Hall–Kier alpha value is -2.73. The Morgan fingerprint density at radius 2 is 1.26 bits per heavy atom. The molecule has 0 spiro atoms. The van der Waals surface area contributed by atoms with Crippen molar-refractivity contribution >= 4 is 24.3 Å². The second-order valence-electron chi connectivity index (χ2n) is 6.55. The lowest BCUT2D eigenvalue weighted by Gasteiger charge is -2.08. The van der Waals surface area contributed by atoms with E-state index in [4.69, 9.17) is 0 Å². The summed E-state index contributed by atoms with van der Waals surface area (Å²) in [6.07, 6.45) is 29.0. The second kappa shape index (κ2) is 4.89. The summed E-state index contributed by atoms with van der Waals surface area (Å²) in [6, 6.07) is 2.35. The molecular formula is C23H17-. The minimum absolute atomic E-state index is 1.02. The van der Waals surface area contributed by atoms with E-state index < -0.39 is 0 Å². The van der Waals surface area contributed by atoms with Crippen molar-refractivity contribution < 1.29 is 0 Å². The molecule has 0 heterocycles. The van der Waals surface area contributed by atoms with Crippen LogP contribution >= 0.6 is 0 Å². The molecule has 0 fully saturated rings. The van der Waals surface area contributed by atoms with E-state index in [0.29, 0.717) is 0 Å². The minimum Gasteiger partial charge on any atom is -0.121 e. The lowest BCUT2D eigenvalue weighted by Crippen LogP contribution is -1.82. The average Bonchev–Trinajstić information content (AvgIpc) is 2.88. The molecule has 0 unspecified atom stereocenters. The van der Waals surface area contributed by atoms with Crippen LogP contribution in [0.15, 0.2) is 77.0 Å². The fraction of sp³-hybridized carbons (Fsp3) is 0.0870. The topological polar surface area (TPSA) is 0 Å². The molecule has 0 saturated heterocycles. The van der Waals surface area contributed by atoms with Crippen molar-refractivity contribution in [3.8, 4) is 0 Å². The van der Waals surface area contributed by atoms with Crippen LogP contribution in [-0.2, 0) is 0 Å². The molecule has 0 saturated carbocycles. The van der Waals surface area contributed by atoms with E-state index in [1.807, 2.05) is 0 Å². The second-order valence-corrected chi connectivity index (χ2v) is 6.55. The summed E-state index contributed by atoms with van der Waals surface area (Å²) in [4.78, 5) is 0. The standard InChI is InChI=1S/C23H17/c1-3-7-18-9-16(5-1)11-20-15-21-12-17-6-2-4-8-19(10-17)14-23(21)22(20)13-18/h1-8,11-15H,9-10H2/q-1. The monoisotopic (exact) mass is 293 g/mol. The highest BCUT2D eigenvalue weighted by Crippen LogP contribution is 2.38. The molecule has 0 heteroatoms. The van der Waals surface area contributed by atoms with Gasteiger partial charge in [0.2, 0.25) is 0 Å². The summed E-state index contributed by atoms with van der Waals surface area (Å²) >= 11 is 0. The van der Waals surface area contributed by atoms with Gasteiger partial charge in [-0.15, -0.1) is 40.5 Å². The summed E-state index contributed by atoms with van der Waals surface area (Å²) in [5.74, 6) is 0. The van der Waals surface area contributed by atoms with Crippen LogP contribution in [0.3, 0.4) is 0 Å². The number of fused-ring (bicyclic) bond motifs is 7. The molecule has 110 valence electrons. The highest BCUT2D eigenvalue weighted by molar-refractivity contribution is 5.88. The number of hydrogen-bond acceptors (Lipinski definition) is 0. The maximum atomic E-state index is 2.37. The predicted octanol–water partition coefficient (Wildman–Crippen LogP) is 6.00. The van der Waals surface area contributed by atoms with Crippen LogP contribution in [0.5, 0.6) is 0 Å². The fourth-order valence-corrected chi connectivity index (χ4v) is 3.79. The molecule has 5 rings (SSSR count). The first-order valence-corrected chi connectivity index (χ1v) is 8.21. The normalized spacial score (nSPS) is 20.2. The van der Waals surface area contributed by atoms with Gasteiger partial charge in [0.25, 0.3) is 0 Å². The molecule has 0 aliphatic heterocycles. The molecule has 23 heavy (non-hydrogen) atoms. The fourth-order valence-electron chi connectivity index (χ4n) is 3.79. The molecule has 0 atom stereocenters. The Labute approximate surface area is 136 Å². The van der Waals surface area contributed by atoms with Gasteiger partial charge in [-0.25, -0.2) is 0 Å². The summed E-state index contributed by atoms with van der Waals surface area (Å²) in [5.41, 5.74) is 11.0. The molecule has 0 aromatic heterocycles. The maximum absolute atomic E-state index is 2.37. The van der Waals surface area contributed by atoms with Crippen molar-refractivity contribution in [3.05, 3.63) is 99.2 Å². The van der Waals surface area contributed by atoms with E-state index in [-0.39, 0.29) is 0 Å². The first-order valence-electron chi connectivity index (χ1n) is 8.21. The molecule has 0 N–H and O–H groups in total. The van der Waals surface area contributed by atoms with Crippen molar-refractivity contribution in [1.29, 1.82) is 0 Å². The summed E-state index contributed by atoms with van der Waals surface area (Å²) in [6.45, 7) is 0. The SMILES string of the molecule is C1=CC2=Cc3c[c-]4c(c3C=C(C=C1)C2)C=C1C=CC=CC(=C4)C1. The van der Waals surface area contributed by atoms with Gasteiger partial charge < -0.3 is 0 Å². The highest BCUT2D eigenvalue weighted by atomic mass is 14.2. The van der Waals surface area contributed by atoms with Crippen molar-refractivity contribution in [2.24, 2.45) is 0 Å². The molecular weight excluding hydrogens is 276 g/mol. The summed E-state index contributed by atoms with van der Waals surface area (Å²) in [7, 11) is 0. The van der Waals surface area contributed by atoms with Gasteiger partial charge in [-0.1, -0.05) is 83.0 Å². The van der Waals surface area contributed by atoms with Gasteiger partial charge in [-0.05, 0) is 12.8 Å². The van der Waals surface area contributed by atoms with E-state index in [1.54, 1.807) is 0 Å². The Morgan fingerprint density at radius 1 is 0.652 bits per heavy atom. The smallest absolute Gasteiger partial charge is 0.00385 e. The Balaban J connectivity index is 1.79. The quantitative estimate of drug-likeness (QED) is 0.515. The Bertz CT molecular complexity index is 864. The number of hydrogen-bond donors (Lipinski definition) is 0. The molecule has 4 bridgehead atoms. The Morgan fingerprint density at radius 3 is 2.04 bits per heavy atom. The van der Waals surface area contributed by atoms with E-state index in [0.717, 1.165) is 12.8 Å². The van der Waals surface area contributed by atoms with Crippen LogP contribution in [0.2, 0.25) is 0 Å². The van der Waals surface area contributed by atoms with E-state index in [9.17, 15) is 0 Å². The van der Waals surface area contributed by atoms with Gasteiger partial charge in [-0.2, -0.15) is 0 Å². The molecule has 0 amide bonds. The zero-order valence-electron chi connectivity index (χ0n) is 12.9. The lowest BCUT2D eigenvalue weighted by atomic mass is 10.0. The van der Waals surface area contributed by atoms with Crippen molar-refractivity contribution in [1.82, 2.24) is 0 Å². The van der Waals surface area contributed by atoms with Crippen molar-refractivity contribution in [2.75, 3.05) is 0 Å².